The predicted octanol–water partition coefficient (Wildman–Crippen LogP) is 4.07. The van der Waals surface area contributed by atoms with Gasteiger partial charge in [-0.1, -0.05) is 36.3 Å². The molecule has 1 amide bonds. The summed E-state index contributed by atoms with van der Waals surface area (Å²) in [6.45, 7) is 0.182. The summed E-state index contributed by atoms with van der Waals surface area (Å²) in [6, 6.07) is 15.6. The maximum Gasteiger partial charge on any atom is 0.225 e. The van der Waals surface area contributed by atoms with E-state index < -0.39 is 9.84 Å². The van der Waals surface area contributed by atoms with E-state index >= 15 is 0 Å². The molecule has 1 aliphatic heterocycles. The van der Waals surface area contributed by atoms with Crippen LogP contribution in [-0.4, -0.2) is 20.9 Å². The Balaban J connectivity index is 1.72. The van der Waals surface area contributed by atoms with E-state index in [0.29, 0.717) is 11.4 Å². The zero-order chi connectivity index (χ0) is 20.4. The Morgan fingerprint density at radius 2 is 1.86 bits per heavy atom. The van der Waals surface area contributed by atoms with E-state index in [1.807, 2.05) is 12.1 Å². The molecule has 0 aliphatic carbocycles. The second-order valence-electron chi connectivity index (χ2n) is 6.52. The molecule has 0 saturated heterocycles. The second kappa shape index (κ2) is 7.74. The lowest BCUT2D eigenvalue weighted by Crippen LogP contribution is -2.23. The maximum atomic E-state index is 13.1. The molecular formula is C22H17NO4S2. The van der Waals surface area contributed by atoms with E-state index in [0.717, 1.165) is 10.4 Å². The van der Waals surface area contributed by atoms with Crippen LogP contribution in [0.3, 0.4) is 0 Å². The number of hydrogen-bond donors (Lipinski definition) is 1. The average molecular weight is 424 g/mol. The van der Waals surface area contributed by atoms with Crippen molar-refractivity contribution in [2.24, 2.45) is 0 Å². The Morgan fingerprint density at radius 1 is 1.14 bits per heavy atom. The first-order valence-electron chi connectivity index (χ1n) is 8.88. The van der Waals surface area contributed by atoms with Gasteiger partial charge in [-0.05, 0) is 29.8 Å². The lowest BCUT2D eigenvalue weighted by molar-refractivity contribution is -0.116. The summed E-state index contributed by atoms with van der Waals surface area (Å²) < 4.78 is 31.6. The van der Waals surface area contributed by atoms with Gasteiger partial charge in [0.25, 0.3) is 0 Å². The number of amides is 1. The molecule has 1 atom stereocenters. The smallest absolute Gasteiger partial charge is 0.225 e. The number of terminal acetylenes is 1. The molecule has 5 nitrogen and oxygen atoms in total. The van der Waals surface area contributed by atoms with E-state index in [1.54, 1.807) is 47.8 Å². The number of nitrogens with one attached hydrogen (secondary N) is 1. The fourth-order valence-electron chi connectivity index (χ4n) is 3.32. The van der Waals surface area contributed by atoms with Crippen LogP contribution < -0.4 is 10.1 Å². The van der Waals surface area contributed by atoms with Gasteiger partial charge in [-0.3, -0.25) is 4.79 Å². The number of fused-ring (bicyclic) bond motifs is 1. The van der Waals surface area contributed by atoms with Crippen molar-refractivity contribution < 1.29 is 17.9 Å². The monoisotopic (exact) mass is 423 g/mol. The van der Waals surface area contributed by atoms with Crippen LogP contribution in [0.1, 0.15) is 22.8 Å². The molecule has 0 saturated carbocycles. The van der Waals surface area contributed by atoms with E-state index in [4.69, 9.17) is 11.2 Å². The summed E-state index contributed by atoms with van der Waals surface area (Å²) in [5.41, 5.74) is 1.30. The molecule has 1 aromatic heterocycles. The van der Waals surface area contributed by atoms with Crippen molar-refractivity contribution in [3.05, 3.63) is 70.4 Å². The SMILES string of the molecule is C#CCOc1ccc([C@H]2CC(=O)Nc3c(S(=O)(=O)c4ccccc4)csc32)cc1. The molecular weight excluding hydrogens is 406 g/mol. The topological polar surface area (TPSA) is 72.5 Å². The molecule has 1 aliphatic rings. The van der Waals surface area contributed by atoms with Crippen molar-refractivity contribution in [3.8, 4) is 18.1 Å². The van der Waals surface area contributed by atoms with Crippen molar-refractivity contribution >= 4 is 32.8 Å². The van der Waals surface area contributed by atoms with Gasteiger partial charge in [-0.15, -0.1) is 17.8 Å². The van der Waals surface area contributed by atoms with Gasteiger partial charge in [-0.2, -0.15) is 0 Å². The van der Waals surface area contributed by atoms with Crippen molar-refractivity contribution in [3.63, 3.8) is 0 Å². The highest BCUT2D eigenvalue weighted by atomic mass is 32.2. The van der Waals surface area contributed by atoms with Crippen molar-refractivity contribution in [1.82, 2.24) is 0 Å². The van der Waals surface area contributed by atoms with Gasteiger partial charge < -0.3 is 10.1 Å². The van der Waals surface area contributed by atoms with Crippen molar-refractivity contribution in [1.29, 1.82) is 0 Å². The van der Waals surface area contributed by atoms with Crippen LogP contribution in [0.4, 0.5) is 5.69 Å². The van der Waals surface area contributed by atoms with Crippen molar-refractivity contribution in [2.75, 3.05) is 11.9 Å². The van der Waals surface area contributed by atoms with Gasteiger partial charge in [0.2, 0.25) is 15.7 Å². The van der Waals surface area contributed by atoms with Crippen LogP contribution in [0.15, 0.2) is 69.8 Å². The largest absolute Gasteiger partial charge is 0.481 e. The third-order valence-corrected chi connectivity index (χ3v) is 7.74. The third-order valence-electron chi connectivity index (χ3n) is 4.70. The van der Waals surface area contributed by atoms with E-state index in [1.165, 1.54) is 11.3 Å². The number of anilines is 1. The molecule has 0 radical (unpaired) electrons. The molecule has 4 rings (SSSR count). The molecule has 7 heteroatoms. The van der Waals surface area contributed by atoms with Crippen LogP contribution in [0.2, 0.25) is 0 Å². The van der Waals surface area contributed by atoms with Gasteiger partial charge in [0.1, 0.15) is 17.3 Å². The highest BCUT2D eigenvalue weighted by Crippen LogP contribution is 2.45. The van der Waals surface area contributed by atoms with E-state index in [-0.39, 0.29) is 34.6 Å². The average Bonchev–Trinajstić information content (AvgIpc) is 3.17. The minimum atomic E-state index is -3.73. The lowest BCUT2D eigenvalue weighted by Gasteiger charge is -2.24. The van der Waals surface area contributed by atoms with Crippen molar-refractivity contribution in [2.45, 2.75) is 22.1 Å². The first-order valence-corrected chi connectivity index (χ1v) is 11.2. The van der Waals surface area contributed by atoms with Gasteiger partial charge >= 0.3 is 0 Å². The Kier molecular flexibility index (Phi) is 5.14. The molecule has 0 fully saturated rings. The summed E-state index contributed by atoms with van der Waals surface area (Å²) in [7, 11) is -3.73. The Morgan fingerprint density at radius 3 is 2.55 bits per heavy atom. The van der Waals surface area contributed by atoms with Crippen LogP contribution in [-0.2, 0) is 14.6 Å². The highest BCUT2D eigenvalue weighted by molar-refractivity contribution is 7.91. The first kappa shape index (κ1) is 19.2. The number of carbonyl (C=O) groups excluding carboxylic acids is 1. The summed E-state index contributed by atoms with van der Waals surface area (Å²) >= 11 is 1.34. The van der Waals surface area contributed by atoms with Gasteiger partial charge in [0.05, 0.1) is 10.6 Å². The Hall–Kier alpha value is -3.08. The van der Waals surface area contributed by atoms with E-state index in [9.17, 15) is 13.2 Å². The number of carbonyl (C=O) groups is 1. The molecule has 29 heavy (non-hydrogen) atoms. The fourth-order valence-corrected chi connectivity index (χ4v) is 6.25. The summed E-state index contributed by atoms with van der Waals surface area (Å²) in [6.07, 6.45) is 5.46. The highest BCUT2D eigenvalue weighted by Gasteiger charge is 2.34. The molecule has 146 valence electrons. The Bertz CT molecular complexity index is 1190. The minimum absolute atomic E-state index is 0.135. The number of benzene rings is 2. The summed E-state index contributed by atoms with van der Waals surface area (Å²) in [5, 5.41) is 4.38. The molecule has 0 unspecified atom stereocenters. The summed E-state index contributed by atoms with van der Waals surface area (Å²) in [4.78, 5) is 13.5. The molecule has 3 aromatic rings. The summed E-state index contributed by atoms with van der Waals surface area (Å²) in [5.74, 6) is 2.63. The number of sulfone groups is 1. The molecule has 2 aromatic carbocycles. The first-order chi connectivity index (χ1) is 14.0. The number of ether oxygens (including phenoxy) is 1. The number of thiophene rings is 1. The normalized spacial score (nSPS) is 15.8. The van der Waals surface area contributed by atoms with Crippen LogP contribution in [0, 0.1) is 12.3 Å². The van der Waals surface area contributed by atoms with Gasteiger partial charge in [-0.25, -0.2) is 8.42 Å². The molecule has 2 heterocycles. The quantitative estimate of drug-likeness (QED) is 0.628. The second-order valence-corrected chi connectivity index (χ2v) is 9.35. The zero-order valence-corrected chi connectivity index (χ0v) is 16.9. The number of hydrogen-bond acceptors (Lipinski definition) is 5. The molecule has 0 bridgehead atoms. The lowest BCUT2D eigenvalue weighted by atomic mass is 9.90. The van der Waals surface area contributed by atoms with Crippen LogP contribution in [0.25, 0.3) is 0 Å². The number of rotatable bonds is 5. The van der Waals surface area contributed by atoms with Gasteiger partial charge in [0.15, 0.2) is 0 Å². The third kappa shape index (κ3) is 3.65. The standard InChI is InChI=1S/C22H17NO4S2/c1-2-12-27-16-10-8-15(9-11-16)18-13-20(24)23-21-19(14-28-22(18)21)29(25,26)17-6-4-3-5-7-17/h1,3-11,14,18H,12-13H2,(H,23,24)/t18-/m1/s1. The maximum absolute atomic E-state index is 13.1. The minimum Gasteiger partial charge on any atom is -0.481 e. The van der Waals surface area contributed by atoms with Crippen LogP contribution in [0.5, 0.6) is 5.75 Å². The van der Waals surface area contributed by atoms with Gasteiger partial charge in [0, 0.05) is 22.6 Å². The Labute approximate surface area is 173 Å². The fraction of sp³-hybridized carbons (Fsp3) is 0.136. The van der Waals surface area contributed by atoms with Crippen LogP contribution >= 0.6 is 11.3 Å². The molecule has 0 spiro atoms. The molecule has 1 N–H and O–H groups in total. The van der Waals surface area contributed by atoms with E-state index in [2.05, 4.69) is 11.2 Å². The zero-order valence-electron chi connectivity index (χ0n) is 15.3. The predicted molar refractivity (Wildman–Crippen MR) is 112 cm³/mol.